The van der Waals surface area contributed by atoms with Crippen molar-refractivity contribution in [3.05, 3.63) is 131 Å². The molecule has 0 saturated heterocycles. The summed E-state index contributed by atoms with van der Waals surface area (Å²) in [5.74, 6) is 1.93. The minimum Gasteiger partial charge on any atom is -0.457 e. The third-order valence-corrected chi connectivity index (χ3v) is 5.63. The lowest BCUT2D eigenvalue weighted by Crippen LogP contribution is -2.33. The van der Waals surface area contributed by atoms with Crippen LogP contribution in [-0.4, -0.2) is 11.7 Å². The van der Waals surface area contributed by atoms with Gasteiger partial charge in [-0.3, -0.25) is 9.69 Å². The van der Waals surface area contributed by atoms with Crippen molar-refractivity contribution in [1.29, 1.82) is 0 Å². The van der Waals surface area contributed by atoms with Gasteiger partial charge in [0.15, 0.2) is 0 Å². The predicted molar refractivity (Wildman–Crippen MR) is 137 cm³/mol. The molecule has 4 nitrogen and oxygen atoms in total. The molecule has 0 fully saturated rings. The first kappa shape index (κ1) is 21.4. The second-order valence-corrected chi connectivity index (χ2v) is 8.25. The van der Waals surface area contributed by atoms with Gasteiger partial charge in [-0.2, -0.15) is 0 Å². The second-order valence-electron chi connectivity index (χ2n) is 8.25. The van der Waals surface area contributed by atoms with Crippen LogP contribution >= 0.6 is 0 Å². The average molecular weight is 445 g/mol. The Hall–Kier alpha value is -4.44. The molecule has 4 heteroatoms. The van der Waals surface area contributed by atoms with Crippen LogP contribution < -0.4 is 9.64 Å². The van der Waals surface area contributed by atoms with Crippen molar-refractivity contribution in [3.63, 3.8) is 0 Å². The van der Waals surface area contributed by atoms with E-state index >= 15 is 0 Å². The van der Waals surface area contributed by atoms with Crippen molar-refractivity contribution >= 4 is 23.5 Å². The standard InChI is InChI=1S/C30H24N2O2/c1-21-16-17-28(22(2)18-21)32-29(24-11-5-3-6-12-24)31-27(30(32)33)20-23-10-9-15-26(19-23)34-25-13-7-4-8-14-25/h3-20H,1-2H3. The van der Waals surface area contributed by atoms with Gasteiger partial charge in [0.25, 0.3) is 5.91 Å². The van der Waals surface area contributed by atoms with E-state index in [2.05, 4.69) is 6.07 Å². The lowest BCUT2D eigenvalue weighted by atomic mass is 10.1. The van der Waals surface area contributed by atoms with Crippen LogP contribution in [0.25, 0.3) is 6.08 Å². The molecule has 0 unspecified atom stereocenters. The van der Waals surface area contributed by atoms with Crippen molar-refractivity contribution in [2.45, 2.75) is 13.8 Å². The van der Waals surface area contributed by atoms with E-state index in [0.717, 1.165) is 33.7 Å². The molecule has 0 atom stereocenters. The van der Waals surface area contributed by atoms with E-state index in [0.29, 0.717) is 17.3 Å². The molecule has 0 aliphatic carbocycles. The molecule has 1 aliphatic heterocycles. The molecule has 4 aromatic carbocycles. The summed E-state index contributed by atoms with van der Waals surface area (Å²) in [6.45, 7) is 4.06. The monoisotopic (exact) mass is 444 g/mol. The van der Waals surface area contributed by atoms with Crippen LogP contribution in [0.1, 0.15) is 22.3 Å². The Morgan fingerprint density at radius 1 is 0.765 bits per heavy atom. The lowest BCUT2D eigenvalue weighted by molar-refractivity contribution is -0.113. The van der Waals surface area contributed by atoms with Gasteiger partial charge >= 0.3 is 0 Å². The summed E-state index contributed by atoms with van der Waals surface area (Å²) in [4.78, 5) is 20.1. The summed E-state index contributed by atoms with van der Waals surface area (Å²) in [6, 6.07) is 33.2. The Morgan fingerprint density at radius 2 is 1.47 bits per heavy atom. The highest BCUT2D eigenvalue weighted by atomic mass is 16.5. The number of anilines is 1. The summed E-state index contributed by atoms with van der Waals surface area (Å²) in [6.07, 6.45) is 1.81. The maximum Gasteiger partial charge on any atom is 0.282 e. The van der Waals surface area contributed by atoms with Gasteiger partial charge in [-0.1, -0.05) is 78.4 Å². The van der Waals surface area contributed by atoms with Crippen molar-refractivity contribution in [3.8, 4) is 11.5 Å². The smallest absolute Gasteiger partial charge is 0.282 e. The number of nitrogens with zero attached hydrogens (tertiary/aromatic N) is 2. The first-order chi connectivity index (χ1) is 16.6. The third kappa shape index (κ3) is 4.39. The van der Waals surface area contributed by atoms with E-state index in [-0.39, 0.29) is 5.91 Å². The predicted octanol–water partition coefficient (Wildman–Crippen LogP) is 6.93. The number of aliphatic imine (C=N–C) groups is 1. The fourth-order valence-electron chi connectivity index (χ4n) is 4.03. The molecule has 0 saturated carbocycles. The minimum atomic E-state index is -0.153. The summed E-state index contributed by atoms with van der Waals surface area (Å²) in [5, 5.41) is 0. The van der Waals surface area contributed by atoms with Crippen LogP contribution in [0, 0.1) is 13.8 Å². The molecular formula is C30H24N2O2. The number of aryl methyl sites for hydroxylation is 2. The minimum absolute atomic E-state index is 0.153. The molecule has 0 bridgehead atoms. The molecular weight excluding hydrogens is 420 g/mol. The number of amidine groups is 1. The zero-order chi connectivity index (χ0) is 23.5. The maximum absolute atomic E-state index is 13.6. The molecule has 4 aromatic rings. The van der Waals surface area contributed by atoms with E-state index in [1.165, 1.54) is 0 Å². The highest BCUT2D eigenvalue weighted by Crippen LogP contribution is 2.31. The van der Waals surface area contributed by atoms with Crippen LogP contribution in [0.3, 0.4) is 0 Å². The zero-order valence-corrected chi connectivity index (χ0v) is 19.1. The number of ether oxygens (including phenoxy) is 1. The molecule has 166 valence electrons. The molecule has 5 rings (SSSR count). The van der Waals surface area contributed by atoms with E-state index in [9.17, 15) is 4.79 Å². The Bertz CT molecular complexity index is 1410. The summed E-state index contributed by atoms with van der Waals surface area (Å²) < 4.78 is 5.96. The Morgan fingerprint density at radius 3 is 2.21 bits per heavy atom. The van der Waals surface area contributed by atoms with Crippen LogP contribution in [0.4, 0.5) is 5.69 Å². The van der Waals surface area contributed by atoms with Crippen LogP contribution in [-0.2, 0) is 4.79 Å². The lowest BCUT2D eigenvalue weighted by Gasteiger charge is -2.21. The Balaban J connectivity index is 1.54. The van der Waals surface area contributed by atoms with Crippen molar-refractivity contribution < 1.29 is 9.53 Å². The van der Waals surface area contributed by atoms with Crippen molar-refractivity contribution in [2.75, 3.05) is 4.90 Å². The maximum atomic E-state index is 13.6. The molecule has 1 amide bonds. The number of carbonyl (C=O) groups excluding carboxylic acids is 1. The van der Waals surface area contributed by atoms with Gasteiger partial charge in [-0.15, -0.1) is 0 Å². The quantitative estimate of drug-likeness (QED) is 0.313. The van der Waals surface area contributed by atoms with Crippen molar-refractivity contribution in [1.82, 2.24) is 0 Å². The van der Waals surface area contributed by atoms with Gasteiger partial charge in [0.2, 0.25) is 0 Å². The number of rotatable bonds is 5. The number of hydrogen-bond donors (Lipinski definition) is 0. The van der Waals surface area contributed by atoms with Crippen LogP contribution in [0.15, 0.2) is 114 Å². The van der Waals surface area contributed by atoms with Gasteiger partial charge in [0, 0.05) is 5.56 Å². The van der Waals surface area contributed by atoms with Crippen LogP contribution in [0.2, 0.25) is 0 Å². The van der Waals surface area contributed by atoms with Gasteiger partial charge < -0.3 is 4.74 Å². The number of amides is 1. The normalized spacial score (nSPS) is 14.4. The number of carbonyl (C=O) groups is 1. The fraction of sp³-hybridized carbons (Fsp3) is 0.0667. The molecule has 0 spiro atoms. The zero-order valence-electron chi connectivity index (χ0n) is 19.1. The summed E-state index contributed by atoms with van der Waals surface area (Å²) in [7, 11) is 0. The van der Waals surface area contributed by atoms with E-state index < -0.39 is 0 Å². The van der Waals surface area contributed by atoms with Gasteiger partial charge in [0.1, 0.15) is 23.0 Å². The van der Waals surface area contributed by atoms with Gasteiger partial charge in [-0.05, 0) is 61.4 Å². The Labute approximate surface area is 199 Å². The number of benzene rings is 4. The summed E-state index contributed by atoms with van der Waals surface area (Å²) >= 11 is 0. The van der Waals surface area contributed by atoms with E-state index in [4.69, 9.17) is 9.73 Å². The molecule has 0 aromatic heterocycles. The van der Waals surface area contributed by atoms with Crippen LogP contribution in [0.5, 0.6) is 11.5 Å². The van der Waals surface area contributed by atoms with E-state index in [1.807, 2.05) is 117 Å². The van der Waals surface area contributed by atoms with Gasteiger partial charge in [0.05, 0.1) is 5.69 Å². The highest BCUT2D eigenvalue weighted by molar-refractivity contribution is 6.33. The number of para-hydroxylation sites is 1. The SMILES string of the molecule is Cc1ccc(N2C(=O)C(=Cc3cccc(Oc4ccccc4)c3)N=C2c2ccccc2)c(C)c1. The summed E-state index contributed by atoms with van der Waals surface area (Å²) in [5.41, 5.74) is 5.13. The second kappa shape index (κ2) is 9.20. The molecule has 0 N–H and O–H groups in total. The van der Waals surface area contributed by atoms with Crippen molar-refractivity contribution in [2.24, 2.45) is 4.99 Å². The molecule has 34 heavy (non-hydrogen) atoms. The average Bonchev–Trinajstić information content (AvgIpc) is 3.16. The Kier molecular flexibility index (Phi) is 5.79. The first-order valence-corrected chi connectivity index (χ1v) is 11.2. The molecule has 0 radical (unpaired) electrons. The topological polar surface area (TPSA) is 41.9 Å². The van der Waals surface area contributed by atoms with E-state index in [1.54, 1.807) is 4.90 Å². The third-order valence-electron chi connectivity index (χ3n) is 5.63. The molecule has 1 aliphatic rings. The first-order valence-electron chi connectivity index (χ1n) is 11.2. The van der Waals surface area contributed by atoms with Gasteiger partial charge in [-0.25, -0.2) is 4.99 Å². The fourth-order valence-corrected chi connectivity index (χ4v) is 4.03. The largest absolute Gasteiger partial charge is 0.457 e. The molecule has 1 heterocycles. The number of hydrogen-bond acceptors (Lipinski definition) is 3. The highest BCUT2D eigenvalue weighted by Gasteiger charge is 2.33.